The lowest BCUT2D eigenvalue weighted by Gasteiger charge is -2.23. The van der Waals surface area contributed by atoms with Crippen molar-refractivity contribution in [1.29, 1.82) is 0 Å². The highest BCUT2D eigenvalue weighted by atomic mass is 16.3. The van der Waals surface area contributed by atoms with Crippen LogP contribution in [0.2, 0.25) is 0 Å². The van der Waals surface area contributed by atoms with Crippen LogP contribution in [0.15, 0.2) is 0 Å². The maximum absolute atomic E-state index is 11.3. The van der Waals surface area contributed by atoms with Crippen molar-refractivity contribution in [2.45, 2.75) is 38.7 Å². The molecule has 0 fully saturated rings. The SMILES string of the molecule is CCCC(C)(O)CNC(=O)CCN(C)C. The van der Waals surface area contributed by atoms with Crippen LogP contribution in [0.5, 0.6) is 0 Å². The third-order valence-electron chi connectivity index (χ3n) is 2.24. The van der Waals surface area contributed by atoms with Gasteiger partial charge in [-0.3, -0.25) is 4.79 Å². The molecule has 1 amide bonds. The predicted octanol–water partition coefficient (Wildman–Crippen LogP) is 0.605. The molecule has 0 rings (SSSR count). The van der Waals surface area contributed by atoms with Gasteiger partial charge in [0.2, 0.25) is 5.91 Å². The Balaban J connectivity index is 3.70. The van der Waals surface area contributed by atoms with Crippen LogP contribution >= 0.6 is 0 Å². The summed E-state index contributed by atoms with van der Waals surface area (Å²) in [5.41, 5.74) is -0.775. The number of hydrogen-bond donors (Lipinski definition) is 2. The standard InChI is InChI=1S/C11H24N2O2/c1-5-7-11(2,15)9-12-10(14)6-8-13(3)4/h15H,5-9H2,1-4H3,(H,12,14). The van der Waals surface area contributed by atoms with Crippen LogP contribution in [0.25, 0.3) is 0 Å². The fraction of sp³-hybridized carbons (Fsp3) is 0.909. The molecule has 0 aliphatic heterocycles. The summed E-state index contributed by atoms with van der Waals surface area (Å²) >= 11 is 0. The number of hydrogen-bond acceptors (Lipinski definition) is 3. The number of carbonyl (C=O) groups is 1. The lowest BCUT2D eigenvalue weighted by atomic mass is 10.0. The first kappa shape index (κ1) is 14.4. The topological polar surface area (TPSA) is 52.6 Å². The number of rotatable bonds is 7. The first-order valence-electron chi connectivity index (χ1n) is 5.51. The minimum Gasteiger partial charge on any atom is -0.388 e. The van der Waals surface area contributed by atoms with E-state index in [0.717, 1.165) is 13.0 Å². The monoisotopic (exact) mass is 216 g/mol. The van der Waals surface area contributed by atoms with E-state index >= 15 is 0 Å². The van der Waals surface area contributed by atoms with Crippen LogP contribution < -0.4 is 5.32 Å². The summed E-state index contributed by atoms with van der Waals surface area (Å²) in [5, 5.41) is 12.6. The molecule has 0 radical (unpaired) electrons. The number of nitrogens with zero attached hydrogens (tertiary/aromatic N) is 1. The average Bonchev–Trinajstić information content (AvgIpc) is 2.11. The smallest absolute Gasteiger partial charge is 0.221 e. The second-order valence-corrected chi connectivity index (χ2v) is 4.58. The fourth-order valence-electron chi connectivity index (χ4n) is 1.33. The van der Waals surface area contributed by atoms with Crippen molar-refractivity contribution in [3.8, 4) is 0 Å². The molecule has 0 aromatic rings. The highest BCUT2D eigenvalue weighted by Gasteiger charge is 2.19. The van der Waals surface area contributed by atoms with E-state index in [9.17, 15) is 9.90 Å². The van der Waals surface area contributed by atoms with E-state index in [1.165, 1.54) is 0 Å². The summed E-state index contributed by atoms with van der Waals surface area (Å²) in [6, 6.07) is 0. The van der Waals surface area contributed by atoms with E-state index in [1.54, 1.807) is 6.92 Å². The molecule has 2 N–H and O–H groups in total. The molecule has 4 nitrogen and oxygen atoms in total. The van der Waals surface area contributed by atoms with Crippen molar-refractivity contribution in [3.05, 3.63) is 0 Å². The van der Waals surface area contributed by atoms with Crippen molar-refractivity contribution in [3.63, 3.8) is 0 Å². The van der Waals surface area contributed by atoms with Gasteiger partial charge in [-0.05, 0) is 27.4 Å². The third-order valence-corrected chi connectivity index (χ3v) is 2.24. The van der Waals surface area contributed by atoms with Gasteiger partial charge in [-0.1, -0.05) is 13.3 Å². The molecule has 0 aliphatic carbocycles. The van der Waals surface area contributed by atoms with Gasteiger partial charge in [-0.2, -0.15) is 0 Å². The number of carbonyl (C=O) groups excluding carboxylic acids is 1. The Morgan fingerprint density at radius 1 is 1.47 bits per heavy atom. The normalized spacial score (nSPS) is 15.1. The van der Waals surface area contributed by atoms with Crippen LogP contribution in [0.1, 0.15) is 33.1 Å². The Morgan fingerprint density at radius 2 is 2.07 bits per heavy atom. The van der Waals surface area contributed by atoms with Crippen LogP contribution in [-0.2, 0) is 4.79 Å². The summed E-state index contributed by atoms with van der Waals surface area (Å²) in [5.74, 6) is 0.0000723. The zero-order valence-corrected chi connectivity index (χ0v) is 10.3. The van der Waals surface area contributed by atoms with Gasteiger partial charge in [-0.15, -0.1) is 0 Å². The minimum absolute atomic E-state index is 0.0000723. The number of amides is 1. The van der Waals surface area contributed by atoms with Crippen molar-refractivity contribution in [2.75, 3.05) is 27.2 Å². The second kappa shape index (κ2) is 6.80. The predicted molar refractivity (Wildman–Crippen MR) is 61.7 cm³/mol. The van der Waals surface area contributed by atoms with Crippen molar-refractivity contribution in [1.82, 2.24) is 10.2 Å². The molecule has 0 saturated carbocycles. The van der Waals surface area contributed by atoms with Gasteiger partial charge >= 0.3 is 0 Å². The van der Waals surface area contributed by atoms with Crippen LogP contribution in [-0.4, -0.2) is 48.7 Å². The minimum atomic E-state index is -0.775. The van der Waals surface area contributed by atoms with E-state index < -0.39 is 5.60 Å². The fourth-order valence-corrected chi connectivity index (χ4v) is 1.33. The van der Waals surface area contributed by atoms with Gasteiger partial charge in [0.25, 0.3) is 0 Å². The summed E-state index contributed by atoms with van der Waals surface area (Å²) in [6.45, 7) is 4.85. The van der Waals surface area contributed by atoms with Gasteiger partial charge in [0, 0.05) is 19.5 Å². The van der Waals surface area contributed by atoms with Crippen LogP contribution in [0.4, 0.5) is 0 Å². The number of nitrogens with one attached hydrogen (secondary N) is 1. The molecule has 15 heavy (non-hydrogen) atoms. The lowest BCUT2D eigenvalue weighted by molar-refractivity contribution is -0.122. The Morgan fingerprint density at radius 3 is 2.53 bits per heavy atom. The quantitative estimate of drug-likeness (QED) is 0.655. The van der Waals surface area contributed by atoms with Gasteiger partial charge in [-0.25, -0.2) is 0 Å². The summed E-state index contributed by atoms with van der Waals surface area (Å²) < 4.78 is 0. The maximum Gasteiger partial charge on any atom is 0.221 e. The Bertz CT molecular complexity index is 191. The second-order valence-electron chi connectivity index (χ2n) is 4.58. The molecule has 0 aromatic carbocycles. The third kappa shape index (κ3) is 8.39. The molecular formula is C11H24N2O2. The van der Waals surface area contributed by atoms with Crippen molar-refractivity contribution < 1.29 is 9.90 Å². The van der Waals surface area contributed by atoms with Crippen LogP contribution in [0, 0.1) is 0 Å². The summed E-state index contributed by atoms with van der Waals surface area (Å²) in [6.07, 6.45) is 2.11. The molecule has 0 bridgehead atoms. The average molecular weight is 216 g/mol. The number of aliphatic hydroxyl groups is 1. The lowest BCUT2D eigenvalue weighted by Crippen LogP contribution is -2.41. The van der Waals surface area contributed by atoms with E-state index in [1.807, 2.05) is 25.9 Å². The molecule has 0 heterocycles. The largest absolute Gasteiger partial charge is 0.388 e. The summed E-state index contributed by atoms with van der Waals surface area (Å²) in [4.78, 5) is 13.3. The highest BCUT2D eigenvalue weighted by molar-refractivity contribution is 5.76. The molecular weight excluding hydrogens is 192 g/mol. The summed E-state index contributed by atoms with van der Waals surface area (Å²) in [7, 11) is 3.86. The zero-order valence-electron chi connectivity index (χ0n) is 10.3. The van der Waals surface area contributed by atoms with Gasteiger partial charge in [0.05, 0.1) is 5.60 Å². The molecule has 1 atom stereocenters. The zero-order chi connectivity index (χ0) is 11.9. The molecule has 0 spiro atoms. The molecule has 1 unspecified atom stereocenters. The van der Waals surface area contributed by atoms with Crippen molar-refractivity contribution in [2.24, 2.45) is 0 Å². The van der Waals surface area contributed by atoms with E-state index in [-0.39, 0.29) is 5.91 Å². The Labute approximate surface area is 92.7 Å². The Kier molecular flexibility index (Phi) is 6.52. The van der Waals surface area contributed by atoms with Gasteiger partial charge < -0.3 is 15.3 Å². The first-order valence-corrected chi connectivity index (χ1v) is 5.51. The van der Waals surface area contributed by atoms with Crippen LogP contribution in [0.3, 0.4) is 0 Å². The molecule has 0 aromatic heterocycles. The van der Waals surface area contributed by atoms with Gasteiger partial charge in [0.1, 0.15) is 0 Å². The molecule has 4 heteroatoms. The maximum atomic E-state index is 11.3. The first-order chi connectivity index (χ1) is 6.87. The molecule has 0 saturated heterocycles. The van der Waals surface area contributed by atoms with Gasteiger partial charge in [0.15, 0.2) is 0 Å². The van der Waals surface area contributed by atoms with E-state index in [2.05, 4.69) is 5.32 Å². The van der Waals surface area contributed by atoms with E-state index in [0.29, 0.717) is 19.4 Å². The van der Waals surface area contributed by atoms with Crippen molar-refractivity contribution >= 4 is 5.91 Å². The molecule has 0 aliphatic rings. The molecule has 90 valence electrons. The van der Waals surface area contributed by atoms with E-state index in [4.69, 9.17) is 0 Å². The Hall–Kier alpha value is -0.610. The highest BCUT2D eigenvalue weighted by Crippen LogP contribution is 2.09.